The van der Waals surface area contributed by atoms with Crippen molar-refractivity contribution in [2.45, 2.75) is 32.2 Å². The molecule has 0 saturated carbocycles. The average molecular weight is 455 g/mol. The van der Waals surface area contributed by atoms with E-state index in [0.29, 0.717) is 20.5 Å². The molecule has 2 unspecified atom stereocenters. The van der Waals surface area contributed by atoms with E-state index < -0.39 is 0 Å². The van der Waals surface area contributed by atoms with Gasteiger partial charge >= 0.3 is 0 Å². The topological polar surface area (TPSA) is 34.4 Å². The third-order valence-corrected chi connectivity index (χ3v) is 7.38. The van der Waals surface area contributed by atoms with Crippen molar-refractivity contribution in [3.05, 3.63) is 101 Å². The van der Waals surface area contributed by atoms with E-state index in [4.69, 9.17) is 28.2 Å². The van der Waals surface area contributed by atoms with Crippen molar-refractivity contribution in [2.24, 2.45) is 10.9 Å². The Balaban J connectivity index is 1.74. The van der Waals surface area contributed by atoms with E-state index in [1.165, 1.54) is 16.9 Å². The predicted molar refractivity (Wildman–Crippen MR) is 124 cm³/mol. The lowest BCUT2D eigenvalue weighted by Gasteiger charge is -2.33. The van der Waals surface area contributed by atoms with Crippen molar-refractivity contribution in [1.82, 2.24) is 4.57 Å². The highest BCUT2D eigenvalue weighted by atomic mass is 35.5. The lowest BCUT2D eigenvalue weighted by Crippen LogP contribution is -2.40. The number of hydrogen-bond acceptors (Lipinski definition) is 3. The molecule has 0 N–H and O–H groups in total. The number of halogens is 2. The van der Waals surface area contributed by atoms with Gasteiger partial charge in [0, 0.05) is 15.7 Å². The second kappa shape index (κ2) is 7.84. The first-order chi connectivity index (χ1) is 14.5. The zero-order valence-electron chi connectivity index (χ0n) is 16.4. The Bertz CT molecular complexity index is 1320. The molecule has 3 aromatic rings. The first kappa shape index (κ1) is 19.8. The third kappa shape index (κ3) is 3.47. The Kier molecular flexibility index (Phi) is 5.18. The van der Waals surface area contributed by atoms with E-state index in [0.717, 1.165) is 40.9 Å². The van der Waals surface area contributed by atoms with Crippen molar-refractivity contribution in [1.29, 1.82) is 0 Å². The molecule has 0 amide bonds. The Morgan fingerprint density at radius 3 is 2.43 bits per heavy atom. The largest absolute Gasteiger partial charge is 0.272 e. The first-order valence-corrected chi connectivity index (χ1v) is 11.6. The molecule has 1 aliphatic carbocycles. The Morgan fingerprint density at radius 2 is 1.73 bits per heavy atom. The van der Waals surface area contributed by atoms with Crippen LogP contribution in [0.3, 0.4) is 0 Å². The molecule has 0 bridgehead atoms. The van der Waals surface area contributed by atoms with E-state index >= 15 is 0 Å². The summed E-state index contributed by atoms with van der Waals surface area (Å²) in [6.45, 7) is 2.25. The fraction of sp³-hybridized carbons (Fsp3) is 0.250. The van der Waals surface area contributed by atoms with Crippen molar-refractivity contribution in [3.8, 4) is 0 Å². The third-order valence-electron chi connectivity index (χ3n) is 5.89. The highest BCUT2D eigenvalue weighted by molar-refractivity contribution is 7.07. The maximum Gasteiger partial charge on any atom is 0.271 e. The fourth-order valence-electron chi connectivity index (χ4n) is 4.44. The second-order valence-electron chi connectivity index (χ2n) is 7.88. The Labute approximate surface area is 188 Å². The molecule has 3 nitrogen and oxygen atoms in total. The summed E-state index contributed by atoms with van der Waals surface area (Å²) >= 11 is 13.6. The van der Waals surface area contributed by atoms with Crippen LogP contribution in [-0.4, -0.2) is 4.57 Å². The normalized spacial score (nSPS) is 21.2. The minimum atomic E-state index is -0.129. The van der Waals surface area contributed by atoms with E-state index in [1.54, 1.807) is 0 Å². The summed E-state index contributed by atoms with van der Waals surface area (Å²) in [5.74, 6) is 0.391. The molecule has 0 radical (unpaired) electrons. The number of thiazole rings is 1. The zero-order chi connectivity index (χ0) is 20.8. The van der Waals surface area contributed by atoms with Crippen molar-refractivity contribution in [3.63, 3.8) is 0 Å². The van der Waals surface area contributed by atoms with Crippen LogP contribution in [0, 0.1) is 5.92 Å². The fourth-order valence-corrected chi connectivity index (χ4v) is 5.71. The standard InChI is InChI=1S/C24H20Cl2N2OS/c1-14-3-2-4-19-21(14)22(16-7-11-18(26)12-8-16)28-23(29)20(30-24(28)27-19)13-15-5-9-17(25)10-6-15/h5-14,22H,2-4H2,1H3. The molecule has 0 spiro atoms. The molecular weight excluding hydrogens is 435 g/mol. The minimum Gasteiger partial charge on any atom is -0.272 e. The molecule has 2 heterocycles. The van der Waals surface area contributed by atoms with Crippen molar-refractivity contribution >= 4 is 40.6 Å². The lowest BCUT2D eigenvalue weighted by atomic mass is 9.80. The summed E-state index contributed by atoms with van der Waals surface area (Å²) in [6.07, 6.45) is 5.14. The van der Waals surface area contributed by atoms with Crippen LogP contribution in [0.4, 0.5) is 0 Å². The molecule has 0 saturated heterocycles. The van der Waals surface area contributed by atoms with Gasteiger partial charge in [-0.25, -0.2) is 4.99 Å². The molecule has 1 aliphatic heterocycles. The van der Waals surface area contributed by atoms with E-state index in [9.17, 15) is 4.79 Å². The van der Waals surface area contributed by atoms with Crippen LogP contribution in [0.15, 0.2) is 69.6 Å². The summed E-state index contributed by atoms with van der Waals surface area (Å²) in [5.41, 5.74) is 4.44. The van der Waals surface area contributed by atoms with Gasteiger partial charge in [-0.15, -0.1) is 0 Å². The molecule has 1 aromatic heterocycles. The van der Waals surface area contributed by atoms with Gasteiger partial charge in [-0.1, -0.05) is 65.7 Å². The van der Waals surface area contributed by atoms with Crippen LogP contribution < -0.4 is 14.9 Å². The number of nitrogens with zero attached hydrogens (tertiary/aromatic N) is 2. The van der Waals surface area contributed by atoms with Gasteiger partial charge in [-0.05, 0) is 72.2 Å². The lowest BCUT2D eigenvalue weighted by molar-refractivity contribution is 0.447. The smallest absolute Gasteiger partial charge is 0.271 e. The van der Waals surface area contributed by atoms with Gasteiger partial charge in [0.1, 0.15) is 0 Å². The van der Waals surface area contributed by atoms with Crippen molar-refractivity contribution < 1.29 is 0 Å². The zero-order valence-corrected chi connectivity index (χ0v) is 18.8. The molecule has 2 atom stereocenters. The van der Waals surface area contributed by atoms with Gasteiger partial charge in [0.15, 0.2) is 4.80 Å². The molecule has 0 fully saturated rings. The summed E-state index contributed by atoms with van der Waals surface area (Å²) in [4.78, 5) is 19.2. The molecule has 2 aromatic carbocycles. The molecule has 6 heteroatoms. The monoisotopic (exact) mass is 454 g/mol. The molecule has 152 valence electrons. The van der Waals surface area contributed by atoms with E-state index in [-0.39, 0.29) is 11.6 Å². The van der Waals surface area contributed by atoms with Gasteiger partial charge in [-0.2, -0.15) is 0 Å². The number of rotatable bonds is 2. The van der Waals surface area contributed by atoms with Crippen LogP contribution >= 0.6 is 34.5 Å². The van der Waals surface area contributed by atoms with Crippen molar-refractivity contribution in [2.75, 3.05) is 0 Å². The number of hydrogen-bond donors (Lipinski definition) is 0. The highest BCUT2D eigenvalue weighted by Crippen LogP contribution is 2.41. The Hall–Kier alpha value is -2.14. The second-order valence-corrected chi connectivity index (χ2v) is 9.76. The van der Waals surface area contributed by atoms with Crippen LogP contribution in [-0.2, 0) is 0 Å². The number of allylic oxidation sites excluding steroid dienone is 2. The molecular formula is C24H20Cl2N2OS. The number of benzene rings is 2. The van der Waals surface area contributed by atoms with Crippen LogP contribution in [0.1, 0.15) is 43.4 Å². The van der Waals surface area contributed by atoms with Gasteiger partial charge in [0.2, 0.25) is 0 Å². The van der Waals surface area contributed by atoms with Gasteiger partial charge in [0.05, 0.1) is 10.6 Å². The number of aromatic nitrogens is 1. The number of fused-ring (bicyclic) bond motifs is 1. The van der Waals surface area contributed by atoms with Gasteiger partial charge in [-0.3, -0.25) is 9.36 Å². The first-order valence-electron chi connectivity index (χ1n) is 10.1. The van der Waals surface area contributed by atoms with Crippen LogP contribution in [0.2, 0.25) is 10.0 Å². The van der Waals surface area contributed by atoms with E-state index in [1.807, 2.05) is 59.2 Å². The summed E-state index contributed by atoms with van der Waals surface area (Å²) in [6, 6.07) is 15.2. The van der Waals surface area contributed by atoms with Crippen LogP contribution in [0.25, 0.3) is 6.08 Å². The summed E-state index contributed by atoms with van der Waals surface area (Å²) in [5, 5.41) is 1.37. The minimum absolute atomic E-state index is 0.00188. The van der Waals surface area contributed by atoms with E-state index in [2.05, 4.69) is 6.92 Å². The maximum absolute atomic E-state index is 13.5. The highest BCUT2D eigenvalue weighted by Gasteiger charge is 2.33. The molecule has 5 rings (SSSR count). The SMILES string of the molecule is CC1CCCC2=C1C(c1ccc(Cl)cc1)n1c(sc(=Cc3ccc(Cl)cc3)c1=O)=N2. The van der Waals surface area contributed by atoms with Gasteiger partial charge < -0.3 is 0 Å². The van der Waals surface area contributed by atoms with Gasteiger partial charge in [0.25, 0.3) is 5.56 Å². The van der Waals surface area contributed by atoms with Crippen LogP contribution in [0.5, 0.6) is 0 Å². The molecule has 30 heavy (non-hydrogen) atoms. The molecule has 2 aliphatic rings. The summed E-state index contributed by atoms with van der Waals surface area (Å²) in [7, 11) is 0. The summed E-state index contributed by atoms with van der Waals surface area (Å²) < 4.78 is 2.55. The maximum atomic E-state index is 13.5. The predicted octanol–water partition coefficient (Wildman–Crippen LogP) is 5.34. The Morgan fingerprint density at radius 1 is 1.07 bits per heavy atom. The quantitative estimate of drug-likeness (QED) is 0.514. The average Bonchev–Trinajstić information content (AvgIpc) is 3.04.